The Hall–Kier alpha value is -2.37. The van der Waals surface area contributed by atoms with Crippen molar-refractivity contribution in [1.29, 1.82) is 0 Å². The molecule has 1 aliphatic rings. The summed E-state index contributed by atoms with van der Waals surface area (Å²) in [4.78, 5) is 38.6. The summed E-state index contributed by atoms with van der Waals surface area (Å²) in [6, 6.07) is 6.67. The number of methoxy groups -OCH3 is 1. The lowest BCUT2D eigenvalue weighted by molar-refractivity contribution is -0.125. The van der Waals surface area contributed by atoms with E-state index in [0.29, 0.717) is 24.9 Å². The molecular weight excluding hydrogens is 358 g/mol. The normalized spacial score (nSPS) is 18.3. The number of amides is 1. The van der Waals surface area contributed by atoms with E-state index in [-0.39, 0.29) is 17.7 Å². The summed E-state index contributed by atoms with van der Waals surface area (Å²) >= 11 is 0. The molecule has 1 aromatic carbocycles. The topological polar surface area (TPSA) is 72.9 Å². The number of likely N-dealkylation sites (tertiary alicyclic amines) is 1. The molecule has 0 aliphatic carbocycles. The molecule has 28 heavy (non-hydrogen) atoms. The van der Waals surface area contributed by atoms with Gasteiger partial charge in [-0.2, -0.15) is 0 Å². The van der Waals surface area contributed by atoms with Crippen molar-refractivity contribution >= 4 is 17.8 Å². The van der Waals surface area contributed by atoms with Gasteiger partial charge in [0, 0.05) is 13.0 Å². The van der Waals surface area contributed by atoms with Crippen LogP contribution in [0.25, 0.3) is 0 Å². The van der Waals surface area contributed by atoms with E-state index < -0.39 is 17.7 Å². The van der Waals surface area contributed by atoms with Crippen LogP contribution in [-0.2, 0) is 14.3 Å². The van der Waals surface area contributed by atoms with Crippen molar-refractivity contribution in [2.24, 2.45) is 0 Å². The molecular formula is C22H31NO5. The van der Waals surface area contributed by atoms with Crippen LogP contribution < -0.4 is 0 Å². The molecule has 6 nitrogen and oxygen atoms in total. The van der Waals surface area contributed by atoms with Gasteiger partial charge in [-0.3, -0.25) is 9.69 Å². The molecule has 1 amide bonds. The first kappa shape index (κ1) is 21.9. The van der Waals surface area contributed by atoms with Crippen LogP contribution in [0.2, 0.25) is 0 Å². The first-order valence-electron chi connectivity index (χ1n) is 9.83. The van der Waals surface area contributed by atoms with Crippen LogP contribution in [0.1, 0.15) is 75.2 Å². The van der Waals surface area contributed by atoms with Crippen molar-refractivity contribution in [3.63, 3.8) is 0 Å². The van der Waals surface area contributed by atoms with Crippen LogP contribution in [0, 0.1) is 0 Å². The minimum absolute atomic E-state index is 0.0124. The molecule has 0 unspecified atom stereocenters. The van der Waals surface area contributed by atoms with Gasteiger partial charge in [0.05, 0.1) is 18.7 Å². The first-order chi connectivity index (χ1) is 13.1. The maximum absolute atomic E-state index is 13.0. The van der Waals surface area contributed by atoms with Crippen LogP contribution in [-0.4, -0.2) is 48.0 Å². The molecule has 1 saturated heterocycles. The molecule has 0 aromatic heterocycles. The van der Waals surface area contributed by atoms with Crippen molar-refractivity contribution in [2.45, 2.75) is 70.9 Å². The molecule has 2 atom stereocenters. The second kappa shape index (κ2) is 9.22. The maximum Gasteiger partial charge on any atom is 0.410 e. The third-order valence-corrected chi connectivity index (χ3v) is 4.91. The Morgan fingerprint density at radius 2 is 1.79 bits per heavy atom. The molecule has 0 bridgehead atoms. The van der Waals surface area contributed by atoms with Crippen molar-refractivity contribution in [2.75, 3.05) is 13.7 Å². The van der Waals surface area contributed by atoms with Gasteiger partial charge in [0.15, 0.2) is 5.78 Å². The highest BCUT2D eigenvalue weighted by atomic mass is 16.6. The molecule has 0 spiro atoms. The monoisotopic (exact) mass is 389 g/mol. The number of carbonyl (C=O) groups excluding carboxylic acids is 3. The number of rotatable bonds is 5. The molecule has 0 radical (unpaired) electrons. The van der Waals surface area contributed by atoms with E-state index in [0.717, 1.165) is 18.4 Å². The minimum atomic E-state index is -0.587. The summed E-state index contributed by atoms with van der Waals surface area (Å²) in [5, 5.41) is 0. The zero-order valence-electron chi connectivity index (χ0n) is 17.5. The molecule has 1 fully saturated rings. The smallest absolute Gasteiger partial charge is 0.410 e. The Morgan fingerprint density at radius 1 is 1.14 bits per heavy atom. The van der Waals surface area contributed by atoms with E-state index in [1.165, 1.54) is 7.11 Å². The second-order valence-electron chi connectivity index (χ2n) is 8.37. The molecule has 2 rings (SSSR count). The van der Waals surface area contributed by atoms with Gasteiger partial charge in [0.25, 0.3) is 0 Å². The van der Waals surface area contributed by atoms with Crippen LogP contribution in [0.5, 0.6) is 0 Å². The maximum atomic E-state index is 13.0. The lowest BCUT2D eigenvalue weighted by Crippen LogP contribution is -2.49. The van der Waals surface area contributed by atoms with E-state index in [1.54, 1.807) is 17.0 Å². The second-order valence-corrected chi connectivity index (χ2v) is 8.37. The zero-order chi connectivity index (χ0) is 20.9. The number of hydrogen-bond acceptors (Lipinski definition) is 5. The summed E-state index contributed by atoms with van der Waals surface area (Å²) in [6.07, 6.45) is 2.40. The van der Waals surface area contributed by atoms with Crippen LogP contribution in [0.15, 0.2) is 24.3 Å². The summed E-state index contributed by atoms with van der Waals surface area (Å²) in [7, 11) is 1.35. The predicted molar refractivity (Wildman–Crippen MR) is 106 cm³/mol. The zero-order valence-corrected chi connectivity index (χ0v) is 17.5. The molecule has 6 heteroatoms. The number of nitrogens with zero attached hydrogens (tertiary/aromatic N) is 1. The summed E-state index contributed by atoms with van der Waals surface area (Å²) in [5.74, 6) is -0.345. The third kappa shape index (κ3) is 5.81. The number of benzene rings is 1. The van der Waals surface area contributed by atoms with E-state index in [2.05, 4.69) is 0 Å². The molecule has 0 saturated carbocycles. The highest BCUT2D eigenvalue weighted by Gasteiger charge is 2.35. The van der Waals surface area contributed by atoms with Gasteiger partial charge in [-0.25, -0.2) is 9.59 Å². The first-order valence-corrected chi connectivity index (χ1v) is 9.83. The van der Waals surface area contributed by atoms with Crippen molar-refractivity contribution in [1.82, 2.24) is 4.90 Å². The Morgan fingerprint density at radius 3 is 2.36 bits per heavy atom. The molecule has 1 aromatic rings. The van der Waals surface area contributed by atoms with Crippen LogP contribution >= 0.6 is 0 Å². The van der Waals surface area contributed by atoms with Crippen molar-refractivity contribution < 1.29 is 23.9 Å². The van der Waals surface area contributed by atoms with Gasteiger partial charge in [0.1, 0.15) is 5.60 Å². The van der Waals surface area contributed by atoms with Gasteiger partial charge < -0.3 is 9.47 Å². The van der Waals surface area contributed by atoms with Crippen molar-refractivity contribution in [3.05, 3.63) is 35.4 Å². The number of piperidine rings is 1. The average molecular weight is 389 g/mol. The Balaban J connectivity index is 2.04. The fraction of sp³-hybridized carbons (Fsp3) is 0.591. The summed E-state index contributed by atoms with van der Waals surface area (Å²) in [6.45, 7) is 8.00. The third-order valence-electron chi connectivity index (χ3n) is 4.91. The van der Waals surface area contributed by atoms with Crippen LogP contribution in [0.4, 0.5) is 4.79 Å². The van der Waals surface area contributed by atoms with E-state index >= 15 is 0 Å². The van der Waals surface area contributed by atoms with E-state index in [1.807, 2.05) is 39.8 Å². The lowest BCUT2D eigenvalue weighted by Gasteiger charge is -2.36. The largest absolute Gasteiger partial charge is 0.465 e. The Labute approximate surface area is 167 Å². The number of carbonyl (C=O) groups is 3. The molecule has 1 aliphatic heterocycles. The van der Waals surface area contributed by atoms with Gasteiger partial charge in [-0.15, -0.1) is 0 Å². The minimum Gasteiger partial charge on any atom is -0.465 e. The highest BCUT2D eigenvalue weighted by Crippen LogP contribution is 2.26. The van der Waals surface area contributed by atoms with Gasteiger partial charge in [-0.05, 0) is 63.6 Å². The predicted octanol–water partition coefficient (Wildman–Crippen LogP) is 4.33. The molecule has 0 N–H and O–H groups in total. The fourth-order valence-corrected chi connectivity index (χ4v) is 3.43. The average Bonchev–Trinajstić information content (AvgIpc) is 2.66. The van der Waals surface area contributed by atoms with E-state index in [4.69, 9.17) is 9.47 Å². The van der Waals surface area contributed by atoms with Crippen LogP contribution in [0.3, 0.4) is 0 Å². The SMILES string of the molecule is COC(=O)c1ccc([C@H](C)CC(=O)[C@H]2CCCCN2C(=O)OC(C)(C)C)cc1. The molecule has 154 valence electrons. The Kier molecular flexibility index (Phi) is 7.22. The summed E-state index contributed by atoms with van der Waals surface area (Å²) < 4.78 is 10.2. The standard InChI is InChI=1S/C22H31NO5/c1-15(16-9-11-17(12-10-16)20(25)27-5)14-19(24)18-8-6-7-13-23(18)21(26)28-22(2,3)4/h9-12,15,18H,6-8,13-14H2,1-5H3/t15-,18-/m1/s1. The molecule has 1 heterocycles. The quantitative estimate of drug-likeness (QED) is 0.701. The number of ketones is 1. The number of hydrogen-bond donors (Lipinski definition) is 0. The Bertz CT molecular complexity index is 705. The number of Topliss-reactive ketones (excluding diaryl/α,β-unsaturated/α-hetero) is 1. The summed E-state index contributed by atoms with van der Waals surface area (Å²) in [5.41, 5.74) is 0.866. The van der Waals surface area contributed by atoms with Gasteiger partial charge >= 0.3 is 12.1 Å². The van der Waals surface area contributed by atoms with Gasteiger partial charge in [-0.1, -0.05) is 19.1 Å². The number of esters is 1. The van der Waals surface area contributed by atoms with Gasteiger partial charge in [0.2, 0.25) is 0 Å². The number of ether oxygens (including phenoxy) is 2. The highest BCUT2D eigenvalue weighted by molar-refractivity contribution is 5.89. The fourth-order valence-electron chi connectivity index (χ4n) is 3.43. The van der Waals surface area contributed by atoms with Crippen molar-refractivity contribution in [3.8, 4) is 0 Å². The van der Waals surface area contributed by atoms with E-state index in [9.17, 15) is 14.4 Å². The lowest BCUT2D eigenvalue weighted by atomic mass is 9.89.